The second-order valence-electron chi connectivity index (χ2n) is 1.96. The van der Waals surface area contributed by atoms with Gasteiger partial charge in [-0.25, -0.2) is 0 Å². The molecule has 0 atom stereocenters. The summed E-state index contributed by atoms with van der Waals surface area (Å²) in [7, 11) is 0. The van der Waals surface area contributed by atoms with Crippen molar-refractivity contribution in [1.29, 1.82) is 0 Å². The van der Waals surface area contributed by atoms with Crippen LogP contribution in [0.4, 0.5) is 0 Å². The van der Waals surface area contributed by atoms with Crippen molar-refractivity contribution in [2.75, 3.05) is 0 Å². The van der Waals surface area contributed by atoms with Gasteiger partial charge in [0.2, 0.25) is 0 Å². The lowest BCUT2D eigenvalue weighted by Gasteiger charge is -1.89. The molecule has 0 unspecified atom stereocenters. The third kappa shape index (κ3) is 1.83. The Balaban J connectivity index is 2.64. The fourth-order valence-corrected chi connectivity index (χ4v) is 0.742. The smallest absolute Gasteiger partial charge is 0.0359 e. The van der Waals surface area contributed by atoms with Crippen molar-refractivity contribution in [1.82, 2.24) is 5.73 Å². The van der Waals surface area contributed by atoms with E-state index in [2.05, 4.69) is 12.0 Å². The number of rotatable bonds is 1. The summed E-state index contributed by atoms with van der Waals surface area (Å²) in [6, 6.07) is 12.0. The zero-order valence-electron chi connectivity index (χ0n) is 5.59. The van der Waals surface area contributed by atoms with Gasteiger partial charge < -0.3 is 0 Å². The van der Waals surface area contributed by atoms with Crippen LogP contribution in [0, 0.1) is 12.0 Å². The van der Waals surface area contributed by atoms with Crippen molar-refractivity contribution >= 4 is 0 Å². The molecule has 10 heavy (non-hydrogen) atoms. The summed E-state index contributed by atoms with van der Waals surface area (Å²) in [6.07, 6.45) is 0.685. The fraction of sp³-hybridized carbons (Fsp3) is 0.111. The van der Waals surface area contributed by atoms with Crippen molar-refractivity contribution in [3.63, 3.8) is 0 Å². The predicted molar refractivity (Wildman–Crippen MR) is 41.0 cm³/mol. The first kappa shape index (κ1) is 6.70. The molecule has 1 rings (SSSR count). The standard InChI is InChI=1S/C9H8N/c10-8-4-7-9-5-2-1-3-6-9/h1-3,5-6,10H,7H2. The molecule has 0 aliphatic heterocycles. The molecule has 0 bridgehead atoms. The van der Waals surface area contributed by atoms with Crippen LogP contribution in [0.25, 0.3) is 0 Å². The molecule has 0 aromatic heterocycles. The lowest BCUT2D eigenvalue weighted by molar-refractivity contribution is 1.31. The van der Waals surface area contributed by atoms with Gasteiger partial charge in [0.05, 0.1) is 0 Å². The Morgan fingerprint density at radius 3 is 2.50 bits per heavy atom. The summed E-state index contributed by atoms with van der Waals surface area (Å²) >= 11 is 0. The van der Waals surface area contributed by atoms with E-state index in [1.165, 1.54) is 5.56 Å². The lowest BCUT2D eigenvalue weighted by Crippen LogP contribution is -1.78. The highest BCUT2D eigenvalue weighted by Gasteiger charge is 1.83. The molecule has 1 heteroatoms. The molecule has 0 saturated heterocycles. The van der Waals surface area contributed by atoms with Gasteiger partial charge in [-0.2, -0.15) is 0 Å². The fourth-order valence-electron chi connectivity index (χ4n) is 0.742. The Morgan fingerprint density at radius 1 is 1.20 bits per heavy atom. The first-order valence-electron chi connectivity index (χ1n) is 3.12. The second kappa shape index (κ2) is 3.58. The molecule has 49 valence electrons. The Kier molecular flexibility index (Phi) is 2.39. The van der Waals surface area contributed by atoms with E-state index in [1.54, 1.807) is 0 Å². The van der Waals surface area contributed by atoms with Gasteiger partial charge in [-0.1, -0.05) is 36.3 Å². The van der Waals surface area contributed by atoms with Gasteiger partial charge in [0, 0.05) is 12.5 Å². The summed E-state index contributed by atoms with van der Waals surface area (Å²) in [6.45, 7) is 0. The maximum Gasteiger partial charge on any atom is 0.0359 e. The molecule has 0 spiro atoms. The Hall–Kier alpha value is -1.42. The molecule has 0 amide bonds. The van der Waals surface area contributed by atoms with Crippen molar-refractivity contribution in [2.24, 2.45) is 0 Å². The number of hydrogen-bond acceptors (Lipinski definition) is 0. The summed E-state index contributed by atoms with van der Waals surface area (Å²) in [5.74, 6) is 2.68. The van der Waals surface area contributed by atoms with Gasteiger partial charge in [0.1, 0.15) is 0 Å². The van der Waals surface area contributed by atoms with Crippen molar-refractivity contribution < 1.29 is 0 Å². The first-order valence-corrected chi connectivity index (χ1v) is 3.12. The number of nitrogens with one attached hydrogen (secondary N) is 1. The largest absolute Gasteiger partial charge is 0.251 e. The third-order valence-electron chi connectivity index (χ3n) is 1.22. The summed E-state index contributed by atoms with van der Waals surface area (Å²) in [4.78, 5) is 0. The van der Waals surface area contributed by atoms with E-state index in [1.807, 2.05) is 30.3 Å². The van der Waals surface area contributed by atoms with Crippen LogP contribution in [0.5, 0.6) is 0 Å². The topological polar surface area (TPSA) is 23.8 Å². The highest BCUT2D eigenvalue weighted by molar-refractivity contribution is 5.19. The predicted octanol–water partition coefficient (Wildman–Crippen LogP) is 1.47. The highest BCUT2D eigenvalue weighted by atomic mass is 14.4. The molecular formula is C9H8N. The summed E-state index contributed by atoms with van der Waals surface area (Å²) in [5.41, 5.74) is 7.76. The van der Waals surface area contributed by atoms with Crippen LogP contribution in [0.15, 0.2) is 30.3 Å². The van der Waals surface area contributed by atoms with E-state index in [0.29, 0.717) is 6.42 Å². The lowest BCUT2D eigenvalue weighted by atomic mass is 10.2. The Morgan fingerprint density at radius 2 is 1.90 bits per heavy atom. The maximum atomic E-state index is 6.59. The maximum absolute atomic E-state index is 6.59. The minimum atomic E-state index is 0.685. The molecule has 1 nitrogen and oxygen atoms in total. The van der Waals surface area contributed by atoms with E-state index in [-0.39, 0.29) is 0 Å². The molecular weight excluding hydrogens is 122 g/mol. The van der Waals surface area contributed by atoms with Crippen molar-refractivity contribution in [3.8, 4) is 12.0 Å². The molecule has 1 radical (unpaired) electrons. The zero-order valence-corrected chi connectivity index (χ0v) is 5.59. The van der Waals surface area contributed by atoms with Gasteiger partial charge in [0.25, 0.3) is 0 Å². The molecule has 0 fully saturated rings. The molecule has 1 aromatic rings. The molecule has 0 saturated carbocycles. The van der Waals surface area contributed by atoms with Crippen LogP contribution in [0.3, 0.4) is 0 Å². The normalized spacial score (nSPS) is 8.00. The van der Waals surface area contributed by atoms with Crippen LogP contribution in [-0.4, -0.2) is 0 Å². The molecule has 0 aliphatic rings. The van der Waals surface area contributed by atoms with Crippen molar-refractivity contribution in [3.05, 3.63) is 35.9 Å². The quantitative estimate of drug-likeness (QED) is 0.514. The average molecular weight is 130 g/mol. The minimum Gasteiger partial charge on any atom is -0.251 e. The third-order valence-corrected chi connectivity index (χ3v) is 1.22. The van der Waals surface area contributed by atoms with Crippen LogP contribution in [0.2, 0.25) is 0 Å². The zero-order chi connectivity index (χ0) is 7.23. The van der Waals surface area contributed by atoms with Crippen LogP contribution in [0.1, 0.15) is 5.56 Å². The van der Waals surface area contributed by atoms with Crippen LogP contribution in [-0.2, 0) is 6.42 Å². The van der Waals surface area contributed by atoms with E-state index >= 15 is 0 Å². The average Bonchev–Trinajstić information content (AvgIpc) is 2.03. The Bertz CT molecular complexity index is 240. The van der Waals surface area contributed by atoms with Crippen molar-refractivity contribution in [2.45, 2.75) is 6.42 Å². The highest BCUT2D eigenvalue weighted by Crippen LogP contribution is 1.97. The van der Waals surface area contributed by atoms with E-state index < -0.39 is 0 Å². The molecule has 1 N–H and O–H groups in total. The molecule has 0 heterocycles. The second-order valence-corrected chi connectivity index (χ2v) is 1.96. The molecule has 1 aromatic carbocycles. The van der Waals surface area contributed by atoms with Gasteiger partial charge in [-0.05, 0) is 5.56 Å². The van der Waals surface area contributed by atoms with Gasteiger partial charge in [-0.15, -0.1) is 0 Å². The number of hydrogen-bond donors (Lipinski definition) is 0. The van der Waals surface area contributed by atoms with Gasteiger partial charge in [0.15, 0.2) is 0 Å². The van der Waals surface area contributed by atoms with Gasteiger partial charge in [-0.3, -0.25) is 5.73 Å². The van der Waals surface area contributed by atoms with Gasteiger partial charge >= 0.3 is 0 Å². The monoisotopic (exact) mass is 130 g/mol. The van der Waals surface area contributed by atoms with E-state index in [9.17, 15) is 0 Å². The summed E-state index contributed by atoms with van der Waals surface area (Å²) < 4.78 is 0. The molecule has 0 aliphatic carbocycles. The SMILES string of the molecule is [NH]C#CCc1ccccc1. The van der Waals surface area contributed by atoms with Crippen LogP contribution < -0.4 is 5.73 Å². The van der Waals surface area contributed by atoms with Crippen LogP contribution >= 0.6 is 0 Å². The summed E-state index contributed by atoms with van der Waals surface area (Å²) in [5, 5.41) is 0. The minimum absolute atomic E-state index is 0.685. The van der Waals surface area contributed by atoms with E-state index in [4.69, 9.17) is 5.73 Å². The number of benzene rings is 1. The Labute approximate surface area is 60.9 Å². The first-order chi connectivity index (χ1) is 4.93. The van der Waals surface area contributed by atoms with E-state index in [0.717, 1.165) is 0 Å².